The van der Waals surface area contributed by atoms with E-state index in [0.29, 0.717) is 0 Å². The minimum absolute atomic E-state index is 0.912. The lowest BCUT2D eigenvalue weighted by molar-refractivity contribution is 1.24. The maximum Gasteiger partial charge on any atom is 0.0966 e. The number of aromatic nitrogens is 1. The first kappa shape index (κ1) is 17.5. The normalized spacial score (nSPS) is 18.9. The lowest BCUT2D eigenvalue weighted by atomic mass is 9.85. The Balaban J connectivity index is 2.66. The molecule has 0 saturated heterocycles. The number of aliphatic imine (C=N–C) groups is 2. The number of pyridine rings is 1. The highest BCUT2D eigenvalue weighted by molar-refractivity contribution is 6.20. The van der Waals surface area contributed by atoms with Crippen molar-refractivity contribution in [3.63, 3.8) is 0 Å². The highest BCUT2D eigenvalue weighted by Gasteiger charge is 2.22. The summed E-state index contributed by atoms with van der Waals surface area (Å²) in [5, 5.41) is 0. The van der Waals surface area contributed by atoms with E-state index in [0.717, 1.165) is 39.4 Å². The van der Waals surface area contributed by atoms with Crippen molar-refractivity contribution in [3.8, 4) is 0 Å². The van der Waals surface area contributed by atoms with Crippen LogP contribution in [0.5, 0.6) is 0 Å². The molecule has 1 aliphatic rings. The van der Waals surface area contributed by atoms with Gasteiger partial charge in [0.25, 0.3) is 0 Å². The molecule has 1 aliphatic carbocycles. The third-order valence-electron chi connectivity index (χ3n) is 3.90. The summed E-state index contributed by atoms with van der Waals surface area (Å²) in [4.78, 5) is 13.2. The van der Waals surface area contributed by atoms with E-state index in [1.165, 1.54) is 0 Å². The molecule has 3 heteroatoms. The Morgan fingerprint density at radius 3 is 2.67 bits per heavy atom. The summed E-state index contributed by atoms with van der Waals surface area (Å²) >= 11 is 0. The third kappa shape index (κ3) is 3.57. The van der Waals surface area contributed by atoms with Gasteiger partial charge in [0, 0.05) is 31.6 Å². The van der Waals surface area contributed by atoms with Gasteiger partial charge in [0.15, 0.2) is 0 Å². The second-order valence-corrected chi connectivity index (χ2v) is 5.33. The molecule has 0 aliphatic heterocycles. The molecule has 0 radical (unpaired) electrons. The smallest absolute Gasteiger partial charge is 0.0966 e. The Morgan fingerprint density at radius 2 is 2.04 bits per heavy atom. The van der Waals surface area contributed by atoms with Gasteiger partial charge in [-0.3, -0.25) is 15.0 Å². The molecule has 0 N–H and O–H groups in total. The monoisotopic (exact) mass is 317 g/mol. The van der Waals surface area contributed by atoms with Gasteiger partial charge in [-0.15, -0.1) is 0 Å². The van der Waals surface area contributed by atoms with Gasteiger partial charge in [0.05, 0.1) is 11.4 Å². The molecule has 0 bridgehead atoms. The van der Waals surface area contributed by atoms with Crippen molar-refractivity contribution in [3.05, 3.63) is 83.8 Å². The van der Waals surface area contributed by atoms with E-state index in [-0.39, 0.29) is 0 Å². The van der Waals surface area contributed by atoms with Crippen molar-refractivity contribution in [2.75, 3.05) is 14.1 Å². The van der Waals surface area contributed by atoms with Gasteiger partial charge in [-0.2, -0.15) is 0 Å². The Morgan fingerprint density at radius 1 is 1.25 bits per heavy atom. The summed E-state index contributed by atoms with van der Waals surface area (Å²) < 4.78 is 0. The lowest BCUT2D eigenvalue weighted by Gasteiger charge is -2.21. The highest BCUT2D eigenvalue weighted by atomic mass is 14.8. The molecule has 0 unspecified atom stereocenters. The van der Waals surface area contributed by atoms with E-state index in [4.69, 9.17) is 0 Å². The lowest BCUT2D eigenvalue weighted by Crippen LogP contribution is -2.15. The summed E-state index contributed by atoms with van der Waals surface area (Å²) in [5.41, 5.74) is 7.13. The molecule has 1 heterocycles. The standard InChI is InChI=1S/C21H23N3/c1-6-9-17(12-11-15(3)22-4)19-14-16(7-2)20(23-5)21-18(19)10-8-13-24-21/h6-14H,1H2,2-5H3/b12-11+,16-7-,17-9+,22-15+,23-20+. The van der Waals surface area contributed by atoms with Crippen molar-refractivity contribution < 1.29 is 0 Å². The largest absolute Gasteiger partial charge is 0.293 e. The van der Waals surface area contributed by atoms with E-state index in [1.807, 2.05) is 32.1 Å². The van der Waals surface area contributed by atoms with Crippen LogP contribution in [-0.2, 0) is 0 Å². The molecule has 0 amide bonds. The second-order valence-electron chi connectivity index (χ2n) is 5.33. The Kier molecular flexibility index (Phi) is 5.96. The quantitative estimate of drug-likeness (QED) is 0.590. The molecular formula is C21H23N3. The summed E-state index contributed by atoms with van der Waals surface area (Å²) in [5.74, 6) is 0. The number of fused-ring (bicyclic) bond motifs is 1. The van der Waals surface area contributed by atoms with Crippen LogP contribution in [0, 0.1) is 0 Å². The minimum atomic E-state index is 0.912. The number of rotatable bonds is 4. The molecule has 0 spiro atoms. The second kappa shape index (κ2) is 8.16. The average Bonchev–Trinajstić information content (AvgIpc) is 2.63. The Bertz CT molecular complexity index is 815. The fourth-order valence-corrected chi connectivity index (χ4v) is 2.59. The fourth-order valence-electron chi connectivity index (χ4n) is 2.59. The first-order valence-corrected chi connectivity index (χ1v) is 7.91. The first-order valence-electron chi connectivity index (χ1n) is 7.91. The van der Waals surface area contributed by atoms with E-state index >= 15 is 0 Å². The van der Waals surface area contributed by atoms with Gasteiger partial charge in [-0.05, 0) is 48.8 Å². The van der Waals surface area contributed by atoms with Crippen molar-refractivity contribution in [1.82, 2.24) is 4.98 Å². The molecule has 0 fully saturated rings. The van der Waals surface area contributed by atoms with Crippen molar-refractivity contribution >= 4 is 17.0 Å². The van der Waals surface area contributed by atoms with Gasteiger partial charge in [0.2, 0.25) is 0 Å². The predicted molar refractivity (Wildman–Crippen MR) is 105 cm³/mol. The molecule has 0 saturated carbocycles. The van der Waals surface area contributed by atoms with Gasteiger partial charge in [0.1, 0.15) is 0 Å². The zero-order valence-electron chi connectivity index (χ0n) is 14.7. The first-order chi connectivity index (χ1) is 11.7. The van der Waals surface area contributed by atoms with Crippen LogP contribution in [0.1, 0.15) is 25.1 Å². The fraction of sp³-hybridized carbons (Fsp3) is 0.190. The van der Waals surface area contributed by atoms with Crippen LogP contribution >= 0.6 is 0 Å². The van der Waals surface area contributed by atoms with Crippen LogP contribution in [0.25, 0.3) is 5.57 Å². The predicted octanol–water partition coefficient (Wildman–Crippen LogP) is 4.60. The summed E-state index contributed by atoms with van der Waals surface area (Å²) in [6.07, 6.45) is 13.9. The number of allylic oxidation sites excluding steroid dienone is 9. The van der Waals surface area contributed by atoms with Crippen LogP contribution in [0.15, 0.2) is 82.5 Å². The molecular weight excluding hydrogens is 294 g/mol. The van der Waals surface area contributed by atoms with Gasteiger partial charge < -0.3 is 0 Å². The molecule has 24 heavy (non-hydrogen) atoms. The van der Waals surface area contributed by atoms with Gasteiger partial charge >= 0.3 is 0 Å². The number of nitrogens with zero attached hydrogens (tertiary/aromatic N) is 3. The van der Waals surface area contributed by atoms with E-state index < -0.39 is 0 Å². The zero-order valence-corrected chi connectivity index (χ0v) is 14.7. The molecule has 122 valence electrons. The summed E-state index contributed by atoms with van der Waals surface area (Å²) in [7, 11) is 3.59. The van der Waals surface area contributed by atoms with Crippen LogP contribution in [0.4, 0.5) is 0 Å². The van der Waals surface area contributed by atoms with Crippen LogP contribution in [-0.4, -0.2) is 30.5 Å². The average molecular weight is 317 g/mol. The van der Waals surface area contributed by atoms with E-state index in [1.54, 1.807) is 26.4 Å². The van der Waals surface area contributed by atoms with Crippen molar-refractivity contribution in [1.29, 1.82) is 0 Å². The van der Waals surface area contributed by atoms with Crippen molar-refractivity contribution in [2.45, 2.75) is 13.8 Å². The molecule has 3 nitrogen and oxygen atoms in total. The molecule has 1 aromatic rings. The van der Waals surface area contributed by atoms with Crippen LogP contribution in [0.3, 0.4) is 0 Å². The maximum atomic E-state index is 4.56. The highest BCUT2D eigenvalue weighted by Crippen LogP contribution is 2.33. The molecule has 1 aromatic heterocycles. The maximum absolute atomic E-state index is 4.56. The molecule has 2 rings (SSSR count). The third-order valence-corrected chi connectivity index (χ3v) is 3.90. The number of hydrogen-bond donors (Lipinski definition) is 0. The zero-order chi connectivity index (χ0) is 17.5. The van der Waals surface area contributed by atoms with Crippen LogP contribution in [0.2, 0.25) is 0 Å². The SMILES string of the molecule is C=C\C=C(/C=C/C(C)=N/C)C1=CC(=C/C)/C(=N\C)c2ncccc21. The van der Waals surface area contributed by atoms with Crippen molar-refractivity contribution in [2.24, 2.45) is 9.98 Å². The topological polar surface area (TPSA) is 37.6 Å². The number of hydrogen-bond acceptors (Lipinski definition) is 3. The van der Waals surface area contributed by atoms with E-state index in [9.17, 15) is 0 Å². The molecule has 0 aromatic carbocycles. The van der Waals surface area contributed by atoms with Gasteiger partial charge in [-0.25, -0.2) is 0 Å². The Hall–Kier alpha value is -2.81. The van der Waals surface area contributed by atoms with Gasteiger partial charge in [-0.1, -0.05) is 36.9 Å². The van der Waals surface area contributed by atoms with E-state index in [2.05, 4.69) is 45.8 Å². The minimum Gasteiger partial charge on any atom is -0.293 e. The Labute approximate surface area is 144 Å². The summed E-state index contributed by atoms with van der Waals surface area (Å²) in [6, 6.07) is 4.03. The molecule has 0 atom stereocenters. The van der Waals surface area contributed by atoms with Crippen LogP contribution < -0.4 is 0 Å². The summed E-state index contributed by atoms with van der Waals surface area (Å²) in [6.45, 7) is 7.84.